The predicted octanol–water partition coefficient (Wildman–Crippen LogP) is 8.17. The van der Waals surface area contributed by atoms with E-state index >= 15 is 0 Å². The number of hydrogen-bond acceptors (Lipinski definition) is 7. The topological polar surface area (TPSA) is 116 Å². The highest BCUT2D eigenvalue weighted by atomic mass is 16.5. The van der Waals surface area contributed by atoms with Gasteiger partial charge in [0.2, 0.25) is 5.91 Å². The Labute approximate surface area is 350 Å². The number of carbonyl (C=O) groups is 3. The first-order chi connectivity index (χ1) is 28.4. The molecule has 4 aliphatic rings. The second kappa shape index (κ2) is 17.8. The fraction of sp³-hybridized carbons (Fsp3) is 0.469. The van der Waals surface area contributed by atoms with Crippen LogP contribution in [0.5, 0.6) is 0 Å². The first kappa shape index (κ1) is 42.2. The average molecular weight is 799 g/mol. The molecule has 312 valence electrons. The maximum atomic E-state index is 13.5. The van der Waals surface area contributed by atoms with Crippen LogP contribution in [0.25, 0.3) is 0 Å². The summed E-state index contributed by atoms with van der Waals surface area (Å²) in [5, 5.41) is 9.74. The van der Waals surface area contributed by atoms with Crippen molar-refractivity contribution in [3.05, 3.63) is 130 Å². The molecule has 4 aromatic rings. The molecule has 4 aliphatic heterocycles. The molecule has 0 aliphatic carbocycles. The third-order valence-electron chi connectivity index (χ3n) is 14.1. The van der Waals surface area contributed by atoms with Crippen molar-refractivity contribution >= 4 is 23.4 Å². The van der Waals surface area contributed by atoms with Gasteiger partial charge in [0.15, 0.2) is 0 Å². The number of amides is 3. The molecule has 5 heterocycles. The number of nitrogens with zero attached hydrogens (tertiary/aromatic N) is 3. The molecular formula is C49H62N6O4. The Morgan fingerprint density at radius 1 is 0.712 bits per heavy atom. The Kier molecular flexibility index (Phi) is 12.7. The molecule has 1 aromatic heterocycles. The van der Waals surface area contributed by atoms with Crippen LogP contribution in [0.3, 0.4) is 0 Å². The second-order valence-electron chi connectivity index (χ2n) is 17.4. The lowest BCUT2D eigenvalue weighted by Crippen LogP contribution is -2.53. The van der Waals surface area contributed by atoms with Gasteiger partial charge < -0.3 is 20.7 Å². The third kappa shape index (κ3) is 8.32. The molecular weight excluding hydrogens is 737 g/mol. The minimum Gasteiger partial charge on any atom is -0.383 e. The lowest BCUT2D eigenvalue weighted by atomic mass is 9.78. The molecule has 3 amide bonds. The summed E-state index contributed by atoms with van der Waals surface area (Å²) >= 11 is 0. The quantitative estimate of drug-likeness (QED) is 0.133. The number of fused-ring (bicyclic) bond motifs is 4. The molecule has 2 unspecified atom stereocenters. The monoisotopic (exact) mass is 798 g/mol. The van der Waals surface area contributed by atoms with Gasteiger partial charge in [0.1, 0.15) is 0 Å². The van der Waals surface area contributed by atoms with Gasteiger partial charge in [-0.05, 0) is 144 Å². The number of carbonyl (C=O) groups excluding carboxylic acids is 3. The number of aryl methyl sites for hydroxylation is 4. The minimum absolute atomic E-state index is 0.0128. The molecule has 0 saturated carbocycles. The molecule has 3 aromatic carbocycles. The zero-order valence-electron chi connectivity index (χ0n) is 35.9. The van der Waals surface area contributed by atoms with E-state index in [4.69, 9.17) is 4.74 Å². The van der Waals surface area contributed by atoms with Crippen LogP contribution in [0.1, 0.15) is 124 Å². The number of benzene rings is 3. The van der Waals surface area contributed by atoms with Crippen molar-refractivity contribution in [1.82, 2.24) is 25.4 Å². The van der Waals surface area contributed by atoms with E-state index in [0.717, 1.165) is 95.3 Å². The zero-order valence-corrected chi connectivity index (χ0v) is 35.9. The Morgan fingerprint density at radius 2 is 1.20 bits per heavy atom. The van der Waals surface area contributed by atoms with Gasteiger partial charge in [-0.1, -0.05) is 48.5 Å². The Hall–Kier alpha value is -4.90. The number of aromatic nitrogens is 1. The highest BCUT2D eigenvalue weighted by molar-refractivity contribution is 5.98. The number of pyridine rings is 1. The normalized spacial score (nSPS) is 24.3. The van der Waals surface area contributed by atoms with E-state index in [1.807, 2.05) is 107 Å². The number of hydrogen-bond donors (Lipinski definition) is 3. The van der Waals surface area contributed by atoms with Crippen LogP contribution in [0.2, 0.25) is 0 Å². The lowest BCUT2D eigenvalue weighted by Gasteiger charge is -2.42. The summed E-state index contributed by atoms with van der Waals surface area (Å²) in [7, 11) is 3.95. The fourth-order valence-corrected chi connectivity index (χ4v) is 11.2. The second-order valence-corrected chi connectivity index (χ2v) is 17.4. The van der Waals surface area contributed by atoms with Crippen LogP contribution >= 0.6 is 0 Å². The van der Waals surface area contributed by atoms with E-state index in [2.05, 4.69) is 43.8 Å². The molecule has 10 nitrogen and oxygen atoms in total. The summed E-state index contributed by atoms with van der Waals surface area (Å²) < 4.78 is 5.40. The minimum atomic E-state index is -0.143. The number of nitrogens with one attached hydrogen (secondary N) is 3. The number of ether oxygens (including phenoxy) is 1. The van der Waals surface area contributed by atoms with E-state index in [1.165, 1.54) is 19.8 Å². The van der Waals surface area contributed by atoms with Crippen LogP contribution < -0.4 is 16.0 Å². The van der Waals surface area contributed by atoms with Gasteiger partial charge >= 0.3 is 0 Å². The van der Waals surface area contributed by atoms with E-state index in [-0.39, 0.29) is 40.9 Å². The van der Waals surface area contributed by atoms with E-state index < -0.39 is 0 Å². The summed E-state index contributed by atoms with van der Waals surface area (Å²) in [6, 6.07) is 25.0. The van der Waals surface area contributed by atoms with Crippen molar-refractivity contribution in [2.24, 2.45) is 0 Å². The average Bonchev–Trinajstić information content (AvgIpc) is 3.95. The van der Waals surface area contributed by atoms with Crippen molar-refractivity contribution in [1.29, 1.82) is 0 Å². The standard InChI is InChI=1S/C25H31N3O2.C24H31N3O2/c1-16-7-5-8-17(2)22(16)24(30)27-23(25-13-11-21(12-14-25)28(25)4)19-9-6-10-20(15-19)26-18(3)29;1-17-5-4-6-18(2)21(17)23(28)26-22(19-9-13-25-14-10-19)24-11-7-20(8-12-24)27(24)15-16-29-3/h5-10,15,21,23H,11-14H2,1-4H3,(H,26,29)(H,27,30);4-6,9-10,13-14,20,22H,7-8,11-12,15-16H2,1-3H3,(H,26,28). The maximum Gasteiger partial charge on any atom is 0.252 e. The fourth-order valence-electron chi connectivity index (χ4n) is 11.2. The van der Waals surface area contributed by atoms with Crippen LogP contribution in [-0.4, -0.2) is 83.0 Å². The molecule has 0 radical (unpaired) electrons. The smallest absolute Gasteiger partial charge is 0.252 e. The van der Waals surface area contributed by atoms with E-state index in [0.29, 0.717) is 18.7 Å². The molecule has 4 fully saturated rings. The first-order valence-corrected chi connectivity index (χ1v) is 21.4. The van der Waals surface area contributed by atoms with Gasteiger partial charge in [-0.3, -0.25) is 29.2 Å². The molecule has 8 rings (SSSR count). The highest BCUT2D eigenvalue weighted by Gasteiger charge is 2.57. The van der Waals surface area contributed by atoms with Crippen molar-refractivity contribution in [2.75, 3.05) is 32.6 Å². The van der Waals surface area contributed by atoms with Crippen molar-refractivity contribution in [3.8, 4) is 0 Å². The van der Waals surface area contributed by atoms with E-state index in [9.17, 15) is 14.4 Å². The molecule has 4 saturated heterocycles. The van der Waals surface area contributed by atoms with Crippen LogP contribution in [0, 0.1) is 27.7 Å². The van der Waals surface area contributed by atoms with Crippen molar-refractivity contribution < 1.29 is 19.1 Å². The third-order valence-corrected chi connectivity index (χ3v) is 14.1. The number of rotatable bonds is 12. The zero-order chi connectivity index (χ0) is 41.9. The van der Waals surface area contributed by atoms with Crippen LogP contribution in [-0.2, 0) is 9.53 Å². The Morgan fingerprint density at radius 3 is 1.69 bits per heavy atom. The van der Waals surface area contributed by atoms with Gasteiger partial charge in [-0.2, -0.15) is 0 Å². The number of likely N-dealkylation sites (N-methyl/N-ethyl adjacent to an activating group) is 1. The molecule has 59 heavy (non-hydrogen) atoms. The van der Waals surface area contributed by atoms with E-state index in [1.54, 1.807) is 7.11 Å². The van der Waals surface area contributed by atoms with Gasteiger partial charge in [-0.15, -0.1) is 0 Å². The van der Waals surface area contributed by atoms with Crippen molar-refractivity contribution in [2.45, 2.75) is 121 Å². The molecule has 3 N–H and O–H groups in total. The largest absolute Gasteiger partial charge is 0.383 e. The summed E-state index contributed by atoms with van der Waals surface area (Å²) in [6.07, 6.45) is 12.7. The summed E-state index contributed by atoms with van der Waals surface area (Å²) in [4.78, 5) is 47.8. The molecule has 4 bridgehead atoms. The SMILES string of the molecule is CC(=O)Nc1cccc(C(NC(=O)c2c(C)cccc2C)C23CCC(CC2)N3C)c1.COCCN1C2CCC1(C(NC(=O)c1c(C)cccc1C)c1ccncc1)CC2. The maximum absolute atomic E-state index is 13.5. The van der Waals surface area contributed by atoms with Gasteiger partial charge in [0.05, 0.1) is 18.7 Å². The van der Waals surface area contributed by atoms with Crippen molar-refractivity contribution in [3.63, 3.8) is 0 Å². The molecule has 10 heteroatoms. The Balaban J connectivity index is 0.000000179. The number of methoxy groups -OCH3 is 1. The number of anilines is 1. The predicted molar refractivity (Wildman–Crippen MR) is 234 cm³/mol. The van der Waals surface area contributed by atoms with Gasteiger partial charge in [-0.25, -0.2) is 0 Å². The molecule has 2 atom stereocenters. The van der Waals surface area contributed by atoms with Gasteiger partial charge in [0.25, 0.3) is 11.8 Å². The van der Waals surface area contributed by atoms with Crippen LogP contribution in [0.4, 0.5) is 5.69 Å². The lowest BCUT2D eigenvalue weighted by molar-refractivity contribution is -0.114. The Bertz CT molecular complexity index is 2100. The first-order valence-electron chi connectivity index (χ1n) is 21.4. The highest BCUT2D eigenvalue weighted by Crippen LogP contribution is 2.53. The van der Waals surface area contributed by atoms with Gasteiger partial charge in [0, 0.05) is 72.9 Å². The summed E-state index contributed by atoms with van der Waals surface area (Å²) in [6.45, 7) is 11.1. The summed E-state index contributed by atoms with van der Waals surface area (Å²) in [5.41, 5.74) is 8.33. The molecule has 0 spiro atoms. The summed E-state index contributed by atoms with van der Waals surface area (Å²) in [5.74, 6) is -0.113. The van der Waals surface area contributed by atoms with Crippen LogP contribution in [0.15, 0.2) is 85.2 Å².